The average Bonchev–Trinajstić information content (AvgIpc) is 3.47. The molecule has 0 aliphatic carbocycles. The number of nitrogens with zero attached hydrogens (tertiary/aromatic N) is 3. The van der Waals surface area contributed by atoms with Crippen molar-refractivity contribution in [2.75, 3.05) is 20.2 Å². The number of oxazole rings is 1. The Labute approximate surface area is 179 Å². The molecular formula is C23H24FN3O4. The van der Waals surface area contributed by atoms with Gasteiger partial charge in [0.1, 0.15) is 11.5 Å². The van der Waals surface area contributed by atoms with E-state index in [-0.39, 0.29) is 30.2 Å². The summed E-state index contributed by atoms with van der Waals surface area (Å²) < 4.78 is 26.3. The van der Waals surface area contributed by atoms with Crippen LogP contribution in [-0.4, -0.2) is 46.5 Å². The van der Waals surface area contributed by atoms with Crippen LogP contribution in [0.5, 0.6) is 0 Å². The van der Waals surface area contributed by atoms with E-state index < -0.39 is 0 Å². The molecule has 1 aromatic carbocycles. The van der Waals surface area contributed by atoms with Crippen molar-refractivity contribution in [3.8, 4) is 11.3 Å². The van der Waals surface area contributed by atoms with Gasteiger partial charge in [0.05, 0.1) is 18.9 Å². The number of carbonyl (C=O) groups excluding carboxylic acids is 2. The number of rotatable bonds is 6. The van der Waals surface area contributed by atoms with Crippen molar-refractivity contribution in [1.29, 1.82) is 0 Å². The van der Waals surface area contributed by atoms with Crippen molar-refractivity contribution in [2.24, 2.45) is 0 Å². The summed E-state index contributed by atoms with van der Waals surface area (Å²) in [5, 5.41) is 0. The molecule has 3 heterocycles. The van der Waals surface area contributed by atoms with Crippen molar-refractivity contribution in [3.05, 3.63) is 66.2 Å². The van der Waals surface area contributed by atoms with Crippen LogP contribution in [0.15, 0.2) is 53.2 Å². The van der Waals surface area contributed by atoms with Crippen molar-refractivity contribution in [1.82, 2.24) is 14.5 Å². The molecule has 0 unspecified atom stereocenters. The third-order valence-electron chi connectivity index (χ3n) is 5.63. The van der Waals surface area contributed by atoms with Crippen LogP contribution < -0.4 is 0 Å². The fourth-order valence-corrected chi connectivity index (χ4v) is 3.97. The molecule has 4 rings (SSSR count). The first-order valence-corrected chi connectivity index (χ1v) is 10.3. The third kappa shape index (κ3) is 4.52. The predicted octanol–water partition coefficient (Wildman–Crippen LogP) is 3.87. The van der Waals surface area contributed by atoms with E-state index in [1.807, 2.05) is 21.7 Å². The van der Waals surface area contributed by atoms with Gasteiger partial charge in [-0.25, -0.2) is 14.2 Å². The Hall–Kier alpha value is -3.42. The van der Waals surface area contributed by atoms with Crippen LogP contribution in [0.1, 0.15) is 41.7 Å². The molecule has 3 aromatic rings. The van der Waals surface area contributed by atoms with Crippen LogP contribution in [0.25, 0.3) is 11.3 Å². The fraction of sp³-hybridized carbons (Fsp3) is 0.348. The lowest BCUT2D eigenvalue weighted by atomic mass is 10.0. The Balaban J connectivity index is 1.30. The summed E-state index contributed by atoms with van der Waals surface area (Å²) in [6.45, 7) is 1.24. The zero-order valence-electron chi connectivity index (χ0n) is 17.3. The van der Waals surface area contributed by atoms with Crippen LogP contribution in [0.4, 0.5) is 4.39 Å². The molecule has 8 heteroatoms. The Morgan fingerprint density at radius 1 is 1.19 bits per heavy atom. The molecule has 1 aliphatic rings. The van der Waals surface area contributed by atoms with Gasteiger partial charge in [-0.05, 0) is 37.1 Å². The Morgan fingerprint density at radius 3 is 2.71 bits per heavy atom. The minimum atomic E-state index is -0.373. The molecule has 31 heavy (non-hydrogen) atoms. The first-order chi connectivity index (χ1) is 15.1. The van der Waals surface area contributed by atoms with Crippen LogP contribution in [0.2, 0.25) is 0 Å². The van der Waals surface area contributed by atoms with Crippen molar-refractivity contribution in [2.45, 2.75) is 31.7 Å². The Bertz CT molecular complexity index is 1070. The maximum atomic E-state index is 13.9. The number of aromatic nitrogens is 2. The number of esters is 1. The lowest BCUT2D eigenvalue weighted by Crippen LogP contribution is -2.39. The van der Waals surface area contributed by atoms with Crippen LogP contribution >= 0.6 is 0 Å². The molecule has 1 fully saturated rings. The second-order valence-corrected chi connectivity index (χ2v) is 7.50. The SMILES string of the molecule is COC(=O)c1cccn1C1CCN(C(=O)CCc2ncc(-c3ccccc3F)o2)CC1. The van der Waals surface area contributed by atoms with Gasteiger partial charge in [0, 0.05) is 38.2 Å². The van der Waals surface area contributed by atoms with Gasteiger partial charge < -0.3 is 18.6 Å². The summed E-state index contributed by atoms with van der Waals surface area (Å²) in [7, 11) is 1.37. The molecular weight excluding hydrogens is 401 g/mol. The van der Waals surface area contributed by atoms with Gasteiger partial charge in [0.15, 0.2) is 11.7 Å². The normalized spacial score (nSPS) is 14.6. The van der Waals surface area contributed by atoms with Gasteiger partial charge in [-0.1, -0.05) is 12.1 Å². The second-order valence-electron chi connectivity index (χ2n) is 7.50. The van der Waals surface area contributed by atoms with E-state index in [1.165, 1.54) is 19.4 Å². The maximum absolute atomic E-state index is 13.9. The van der Waals surface area contributed by atoms with E-state index in [4.69, 9.17) is 9.15 Å². The molecule has 0 radical (unpaired) electrons. The van der Waals surface area contributed by atoms with E-state index in [1.54, 1.807) is 24.3 Å². The molecule has 1 aliphatic heterocycles. The fourth-order valence-electron chi connectivity index (χ4n) is 3.97. The second kappa shape index (κ2) is 9.16. The highest BCUT2D eigenvalue weighted by atomic mass is 19.1. The minimum Gasteiger partial charge on any atom is -0.464 e. The van der Waals surface area contributed by atoms with Gasteiger partial charge in [-0.2, -0.15) is 0 Å². The number of methoxy groups -OCH3 is 1. The van der Waals surface area contributed by atoms with Crippen molar-refractivity contribution >= 4 is 11.9 Å². The summed E-state index contributed by atoms with van der Waals surface area (Å²) in [4.78, 5) is 30.5. The number of carbonyl (C=O) groups is 2. The smallest absolute Gasteiger partial charge is 0.354 e. The highest BCUT2D eigenvalue weighted by Gasteiger charge is 2.26. The number of hydrogen-bond donors (Lipinski definition) is 0. The predicted molar refractivity (Wildman–Crippen MR) is 111 cm³/mol. The number of piperidine rings is 1. The monoisotopic (exact) mass is 425 g/mol. The highest BCUT2D eigenvalue weighted by molar-refractivity contribution is 5.87. The number of aryl methyl sites for hydroxylation is 1. The Kier molecular flexibility index (Phi) is 6.16. The van der Waals surface area contributed by atoms with Crippen molar-refractivity contribution < 1.29 is 23.1 Å². The Morgan fingerprint density at radius 2 is 1.97 bits per heavy atom. The van der Waals surface area contributed by atoms with Gasteiger partial charge in [0.2, 0.25) is 5.91 Å². The lowest BCUT2D eigenvalue weighted by Gasteiger charge is -2.33. The number of benzene rings is 1. The molecule has 2 aromatic heterocycles. The van der Waals surface area contributed by atoms with Crippen LogP contribution in [0, 0.1) is 5.82 Å². The van der Waals surface area contributed by atoms with Gasteiger partial charge >= 0.3 is 5.97 Å². The first-order valence-electron chi connectivity index (χ1n) is 10.3. The topological polar surface area (TPSA) is 77.6 Å². The molecule has 7 nitrogen and oxygen atoms in total. The summed E-state index contributed by atoms with van der Waals surface area (Å²) in [5.74, 6) is 0.0715. The maximum Gasteiger partial charge on any atom is 0.354 e. The molecule has 162 valence electrons. The lowest BCUT2D eigenvalue weighted by molar-refractivity contribution is -0.132. The largest absolute Gasteiger partial charge is 0.464 e. The first kappa shape index (κ1) is 20.8. The molecule has 0 atom stereocenters. The van der Waals surface area contributed by atoms with Crippen molar-refractivity contribution in [3.63, 3.8) is 0 Å². The minimum absolute atomic E-state index is 0.0322. The summed E-state index contributed by atoms with van der Waals surface area (Å²) >= 11 is 0. The summed E-state index contributed by atoms with van der Waals surface area (Å²) in [6, 6.07) is 10.1. The molecule has 0 bridgehead atoms. The summed E-state index contributed by atoms with van der Waals surface area (Å²) in [6.07, 6.45) is 5.53. The standard InChI is InChI=1S/C23H24FN3O4/c1-30-23(29)19-7-4-12-27(19)16-10-13-26(14-11-16)22(28)9-8-21-25-15-20(31-21)17-5-2-3-6-18(17)24/h2-7,12,15-16H,8-11,13-14H2,1H3. The molecule has 1 amide bonds. The molecule has 0 spiro atoms. The average molecular weight is 425 g/mol. The van der Waals surface area contributed by atoms with Gasteiger partial charge in [0.25, 0.3) is 0 Å². The van der Waals surface area contributed by atoms with Gasteiger partial charge in [-0.3, -0.25) is 4.79 Å². The number of ether oxygens (including phenoxy) is 1. The van der Waals surface area contributed by atoms with E-state index in [2.05, 4.69) is 4.98 Å². The number of halogens is 1. The number of hydrogen-bond acceptors (Lipinski definition) is 5. The number of likely N-dealkylation sites (tertiary alicyclic amines) is 1. The quantitative estimate of drug-likeness (QED) is 0.561. The van der Waals surface area contributed by atoms with Gasteiger partial charge in [-0.15, -0.1) is 0 Å². The van der Waals surface area contributed by atoms with E-state index in [0.29, 0.717) is 42.4 Å². The van der Waals surface area contributed by atoms with E-state index >= 15 is 0 Å². The zero-order valence-corrected chi connectivity index (χ0v) is 17.3. The molecule has 0 N–H and O–H groups in total. The summed E-state index contributed by atoms with van der Waals surface area (Å²) in [5.41, 5.74) is 0.882. The number of amides is 1. The molecule has 1 saturated heterocycles. The zero-order chi connectivity index (χ0) is 21.8. The van der Waals surface area contributed by atoms with E-state index in [0.717, 1.165) is 12.8 Å². The van der Waals surface area contributed by atoms with Crippen LogP contribution in [-0.2, 0) is 16.0 Å². The van der Waals surface area contributed by atoms with E-state index in [9.17, 15) is 14.0 Å². The third-order valence-corrected chi connectivity index (χ3v) is 5.63. The highest BCUT2D eigenvalue weighted by Crippen LogP contribution is 2.26. The molecule has 0 saturated carbocycles. The van der Waals surface area contributed by atoms with Crippen LogP contribution in [0.3, 0.4) is 0 Å².